The summed E-state index contributed by atoms with van der Waals surface area (Å²) in [6.07, 6.45) is 1.47. The lowest BCUT2D eigenvalue weighted by Crippen LogP contribution is -2.56. The van der Waals surface area contributed by atoms with Gasteiger partial charge in [0.15, 0.2) is 0 Å². The third-order valence-electron chi connectivity index (χ3n) is 3.61. The van der Waals surface area contributed by atoms with Crippen molar-refractivity contribution in [2.75, 3.05) is 27.2 Å². The number of carbonyl (C=O) groups excluding carboxylic acids is 1. The molecule has 0 aromatic rings. The van der Waals surface area contributed by atoms with Crippen LogP contribution < -0.4 is 0 Å². The molecule has 1 amide bonds. The van der Waals surface area contributed by atoms with E-state index in [1.165, 1.54) is 0 Å². The van der Waals surface area contributed by atoms with Crippen molar-refractivity contribution in [3.63, 3.8) is 0 Å². The van der Waals surface area contributed by atoms with E-state index in [9.17, 15) is 10.1 Å². The number of hydrogen-bond acceptors (Lipinski definition) is 3. The number of likely N-dealkylation sites (tertiary alicyclic amines) is 1. The van der Waals surface area contributed by atoms with Crippen LogP contribution in [0.1, 0.15) is 33.6 Å². The summed E-state index contributed by atoms with van der Waals surface area (Å²) in [4.78, 5) is 16.1. The SMILES string of the molecule is CN1CCC(C#N)(N(C)C(=O)C(C)(C)C)CC1. The predicted molar refractivity (Wildman–Crippen MR) is 67.3 cm³/mol. The van der Waals surface area contributed by atoms with Crippen molar-refractivity contribution in [1.29, 1.82) is 5.26 Å². The molecule has 4 heteroatoms. The van der Waals surface area contributed by atoms with Crippen molar-refractivity contribution in [1.82, 2.24) is 9.80 Å². The van der Waals surface area contributed by atoms with Gasteiger partial charge in [0.05, 0.1) is 6.07 Å². The number of carbonyl (C=O) groups is 1. The van der Waals surface area contributed by atoms with Crippen LogP contribution in [-0.2, 0) is 4.79 Å². The van der Waals surface area contributed by atoms with Gasteiger partial charge >= 0.3 is 0 Å². The highest BCUT2D eigenvalue weighted by Gasteiger charge is 2.42. The van der Waals surface area contributed by atoms with Gasteiger partial charge in [0, 0.05) is 25.6 Å². The van der Waals surface area contributed by atoms with Gasteiger partial charge in [0.1, 0.15) is 5.54 Å². The zero-order valence-corrected chi connectivity index (χ0v) is 11.6. The van der Waals surface area contributed by atoms with Gasteiger partial charge in [0.2, 0.25) is 5.91 Å². The van der Waals surface area contributed by atoms with Crippen LogP contribution in [0.2, 0.25) is 0 Å². The van der Waals surface area contributed by atoms with Gasteiger partial charge in [-0.2, -0.15) is 5.26 Å². The fourth-order valence-corrected chi connectivity index (χ4v) is 2.21. The average molecular weight is 237 g/mol. The maximum absolute atomic E-state index is 12.3. The summed E-state index contributed by atoms with van der Waals surface area (Å²) in [5.74, 6) is 0.0450. The Hall–Kier alpha value is -1.08. The number of hydrogen-bond donors (Lipinski definition) is 0. The molecule has 1 rings (SSSR count). The summed E-state index contributed by atoms with van der Waals surface area (Å²) in [6, 6.07) is 2.37. The smallest absolute Gasteiger partial charge is 0.228 e. The molecular weight excluding hydrogens is 214 g/mol. The molecule has 0 radical (unpaired) electrons. The van der Waals surface area contributed by atoms with E-state index in [2.05, 4.69) is 11.0 Å². The van der Waals surface area contributed by atoms with Crippen LogP contribution >= 0.6 is 0 Å². The van der Waals surface area contributed by atoms with E-state index in [-0.39, 0.29) is 5.91 Å². The van der Waals surface area contributed by atoms with Crippen LogP contribution in [0, 0.1) is 16.7 Å². The molecule has 1 saturated heterocycles. The van der Waals surface area contributed by atoms with E-state index >= 15 is 0 Å². The molecule has 0 saturated carbocycles. The highest BCUT2D eigenvalue weighted by molar-refractivity contribution is 5.82. The molecular formula is C13H23N3O. The van der Waals surface area contributed by atoms with E-state index < -0.39 is 11.0 Å². The van der Waals surface area contributed by atoms with Crippen LogP contribution in [0.4, 0.5) is 0 Å². The first-order valence-electron chi connectivity index (χ1n) is 6.11. The summed E-state index contributed by atoms with van der Waals surface area (Å²) < 4.78 is 0. The topological polar surface area (TPSA) is 47.3 Å². The van der Waals surface area contributed by atoms with Crippen LogP contribution in [-0.4, -0.2) is 48.4 Å². The highest BCUT2D eigenvalue weighted by atomic mass is 16.2. The number of rotatable bonds is 1. The Balaban J connectivity index is 2.89. The molecule has 0 N–H and O–H groups in total. The number of nitriles is 1. The van der Waals surface area contributed by atoms with E-state index in [0.29, 0.717) is 0 Å². The Morgan fingerprint density at radius 2 is 1.82 bits per heavy atom. The third-order valence-corrected chi connectivity index (χ3v) is 3.61. The maximum atomic E-state index is 12.3. The molecule has 1 aliphatic heterocycles. The second-order valence-electron chi connectivity index (χ2n) is 6.06. The first-order chi connectivity index (χ1) is 7.73. The van der Waals surface area contributed by atoms with Crippen molar-refractivity contribution in [2.24, 2.45) is 5.41 Å². The summed E-state index contributed by atoms with van der Waals surface area (Å²) in [6.45, 7) is 7.42. The molecule has 0 aromatic carbocycles. The number of amides is 1. The lowest BCUT2D eigenvalue weighted by molar-refractivity contribution is -0.143. The van der Waals surface area contributed by atoms with E-state index in [1.54, 1.807) is 11.9 Å². The summed E-state index contributed by atoms with van der Waals surface area (Å²) >= 11 is 0. The van der Waals surface area contributed by atoms with Crippen molar-refractivity contribution in [2.45, 2.75) is 39.2 Å². The zero-order valence-electron chi connectivity index (χ0n) is 11.6. The molecule has 0 unspecified atom stereocenters. The summed E-state index contributed by atoms with van der Waals surface area (Å²) in [5, 5.41) is 9.45. The highest BCUT2D eigenvalue weighted by Crippen LogP contribution is 2.30. The molecule has 1 fully saturated rings. The second kappa shape index (κ2) is 4.66. The zero-order chi connectivity index (χ0) is 13.3. The monoisotopic (exact) mass is 237 g/mol. The largest absolute Gasteiger partial charge is 0.326 e. The van der Waals surface area contributed by atoms with Crippen LogP contribution in [0.3, 0.4) is 0 Å². The lowest BCUT2D eigenvalue weighted by Gasteiger charge is -2.43. The van der Waals surface area contributed by atoms with Gasteiger partial charge in [0.25, 0.3) is 0 Å². The van der Waals surface area contributed by atoms with Gasteiger partial charge in [-0.3, -0.25) is 4.79 Å². The third kappa shape index (κ3) is 2.78. The maximum Gasteiger partial charge on any atom is 0.228 e. The average Bonchev–Trinajstić information content (AvgIpc) is 2.27. The van der Waals surface area contributed by atoms with Crippen LogP contribution in [0.15, 0.2) is 0 Å². The predicted octanol–water partition coefficient (Wildman–Crippen LogP) is 1.48. The Bertz CT molecular complexity index is 330. The van der Waals surface area contributed by atoms with Crippen molar-refractivity contribution >= 4 is 5.91 Å². The van der Waals surface area contributed by atoms with E-state index in [4.69, 9.17) is 0 Å². The fraction of sp³-hybridized carbons (Fsp3) is 0.846. The molecule has 0 bridgehead atoms. The second-order valence-corrected chi connectivity index (χ2v) is 6.06. The minimum atomic E-state index is -0.614. The Morgan fingerprint density at radius 3 is 2.18 bits per heavy atom. The number of nitrogens with zero attached hydrogens (tertiary/aromatic N) is 3. The molecule has 1 aliphatic rings. The molecule has 0 aromatic heterocycles. The standard InChI is InChI=1S/C13H23N3O/c1-12(2,3)11(17)16(5)13(10-14)6-8-15(4)9-7-13/h6-9H2,1-5H3. The first-order valence-corrected chi connectivity index (χ1v) is 6.11. The van der Waals surface area contributed by atoms with Crippen LogP contribution in [0.25, 0.3) is 0 Å². The molecule has 4 nitrogen and oxygen atoms in total. The number of piperidine rings is 1. The Kier molecular flexibility index (Phi) is 3.83. The molecule has 0 aliphatic carbocycles. The van der Waals surface area contributed by atoms with Gasteiger partial charge in [-0.25, -0.2) is 0 Å². The van der Waals surface area contributed by atoms with Crippen molar-refractivity contribution in [3.8, 4) is 6.07 Å². The van der Waals surface area contributed by atoms with Gasteiger partial charge in [-0.05, 0) is 19.9 Å². The molecule has 96 valence electrons. The van der Waals surface area contributed by atoms with Gasteiger partial charge in [-0.15, -0.1) is 0 Å². The minimum Gasteiger partial charge on any atom is -0.326 e. The minimum absolute atomic E-state index is 0.0450. The Labute approximate surface area is 104 Å². The van der Waals surface area contributed by atoms with Crippen molar-refractivity contribution < 1.29 is 4.79 Å². The normalized spacial score (nSPS) is 20.7. The van der Waals surface area contributed by atoms with Crippen molar-refractivity contribution in [3.05, 3.63) is 0 Å². The summed E-state index contributed by atoms with van der Waals surface area (Å²) in [5.41, 5.74) is -1.04. The first kappa shape index (κ1) is 14.0. The van der Waals surface area contributed by atoms with Crippen LogP contribution in [0.5, 0.6) is 0 Å². The van der Waals surface area contributed by atoms with E-state index in [0.717, 1.165) is 25.9 Å². The van der Waals surface area contributed by atoms with Gasteiger partial charge in [-0.1, -0.05) is 20.8 Å². The fourth-order valence-electron chi connectivity index (χ4n) is 2.21. The Morgan fingerprint density at radius 1 is 1.35 bits per heavy atom. The molecule has 0 atom stereocenters. The molecule has 17 heavy (non-hydrogen) atoms. The summed E-state index contributed by atoms with van der Waals surface area (Å²) in [7, 11) is 3.81. The van der Waals surface area contributed by atoms with E-state index in [1.807, 2.05) is 27.8 Å². The van der Waals surface area contributed by atoms with Gasteiger partial charge < -0.3 is 9.80 Å². The quantitative estimate of drug-likeness (QED) is 0.694. The molecule has 1 heterocycles. The molecule has 0 spiro atoms. The lowest BCUT2D eigenvalue weighted by atomic mass is 9.84.